The van der Waals surface area contributed by atoms with Crippen molar-refractivity contribution < 1.29 is 41.7 Å². The Balaban J connectivity index is 2.00. The fraction of sp³-hybridized carbons (Fsp3) is 0.467. The third-order valence-corrected chi connectivity index (χ3v) is 4.91. The number of nitrogens with zero attached hydrogens (tertiary/aromatic N) is 1. The molecule has 1 aromatic carbocycles. The van der Waals surface area contributed by atoms with Gasteiger partial charge in [-0.05, 0) is 24.3 Å². The van der Waals surface area contributed by atoms with E-state index < -0.39 is 46.9 Å². The summed E-state index contributed by atoms with van der Waals surface area (Å²) < 4.78 is 57.8. The molecule has 3 unspecified atom stereocenters. The predicted octanol–water partition coefficient (Wildman–Crippen LogP) is 1.60. The second-order valence-corrected chi connectivity index (χ2v) is 7.28. The van der Waals surface area contributed by atoms with Crippen LogP contribution in [0.1, 0.15) is 6.42 Å². The van der Waals surface area contributed by atoms with Gasteiger partial charge in [0.15, 0.2) is 6.61 Å². The summed E-state index contributed by atoms with van der Waals surface area (Å²) in [5, 5.41) is 7.63. The molecule has 1 saturated heterocycles. The molecule has 2 rings (SSSR count). The number of carbonyl (C=O) groups excluding carboxylic acids is 2. The van der Waals surface area contributed by atoms with E-state index in [9.17, 15) is 27.0 Å². The highest BCUT2D eigenvalue weighted by molar-refractivity contribution is 7.85. The molecule has 1 fully saturated rings. The molecule has 0 spiro atoms. The number of rotatable bonds is 7. The first kappa shape index (κ1) is 21.0. The zero-order valence-electron chi connectivity index (χ0n) is 14.1. The van der Waals surface area contributed by atoms with Crippen molar-refractivity contribution in [1.29, 1.82) is 0 Å². The number of carbonyl (C=O) groups is 2. The van der Waals surface area contributed by atoms with Crippen molar-refractivity contribution in [3.8, 4) is 5.75 Å². The molecule has 0 bridgehead atoms. The van der Waals surface area contributed by atoms with Gasteiger partial charge in [0.25, 0.3) is 5.91 Å². The number of hydrogen-bond donors (Lipinski definition) is 2. The van der Waals surface area contributed by atoms with Gasteiger partial charge in [-0.2, -0.15) is 13.2 Å². The largest absolute Gasteiger partial charge is 0.484 e. The number of benzene rings is 1. The van der Waals surface area contributed by atoms with Gasteiger partial charge in [-0.25, -0.2) is 10.3 Å². The Labute approximate surface area is 154 Å². The van der Waals surface area contributed by atoms with Crippen molar-refractivity contribution >= 4 is 28.5 Å². The van der Waals surface area contributed by atoms with E-state index in [2.05, 4.69) is 4.74 Å². The Morgan fingerprint density at radius 1 is 1.44 bits per heavy atom. The van der Waals surface area contributed by atoms with Crippen LogP contribution in [0, 0.1) is 0 Å². The number of ether oxygens (including phenoxy) is 2. The maximum atomic E-state index is 12.1. The van der Waals surface area contributed by atoms with E-state index in [1.54, 1.807) is 0 Å². The Morgan fingerprint density at radius 3 is 2.59 bits per heavy atom. The van der Waals surface area contributed by atoms with Crippen LogP contribution in [0.2, 0.25) is 0 Å². The monoisotopic (exact) mass is 410 g/mol. The van der Waals surface area contributed by atoms with Gasteiger partial charge in [-0.1, -0.05) is 0 Å². The molecule has 150 valence electrons. The molecule has 0 saturated carbocycles. The molecule has 2 N–H and O–H groups in total. The van der Waals surface area contributed by atoms with Crippen LogP contribution in [0.4, 0.5) is 23.7 Å². The summed E-state index contributed by atoms with van der Waals surface area (Å²) in [7, 11) is -1.60. The number of cyclic esters (lactones) is 1. The first-order chi connectivity index (χ1) is 12.6. The van der Waals surface area contributed by atoms with Crippen molar-refractivity contribution in [2.24, 2.45) is 0 Å². The lowest BCUT2D eigenvalue weighted by Gasteiger charge is -2.16. The number of amides is 2. The summed E-state index contributed by atoms with van der Waals surface area (Å²) in [6.07, 6.45) is -4.70. The summed E-state index contributed by atoms with van der Waals surface area (Å²) in [5.41, 5.74) is 1.79. The van der Waals surface area contributed by atoms with Crippen molar-refractivity contribution in [3.05, 3.63) is 24.3 Å². The lowest BCUT2D eigenvalue weighted by molar-refractivity contribution is -0.153. The van der Waals surface area contributed by atoms with Crippen molar-refractivity contribution in [2.75, 3.05) is 24.3 Å². The van der Waals surface area contributed by atoms with Crippen LogP contribution in [0.5, 0.6) is 5.75 Å². The minimum atomic E-state index is -4.46. The highest BCUT2D eigenvalue weighted by Crippen LogP contribution is 2.27. The normalized spacial score (nSPS) is 19.4. The van der Waals surface area contributed by atoms with E-state index in [0.717, 1.165) is 0 Å². The maximum absolute atomic E-state index is 12.1. The summed E-state index contributed by atoms with van der Waals surface area (Å²) in [5.74, 6) is -0.863. The Kier molecular flexibility index (Phi) is 6.65. The van der Waals surface area contributed by atoms with Crippen LogP contribution >= 0.6 is 0 Å². The van der Waals surface area contributed by atoms with Crippen molar-refractivity contribution in [3.63, 3.8) is 0 Å². The van der Waals surface area contributed by atoms with E-state index in [1.165, 1.54) is 40.9 Å². The average Bonchev–Trinajstić information content (AvgIpc) is 2.97. The second-order valence-electron chi connectivity index (χ2n) is 5.71. The van der Waals surface area contributed by atoms with Crippen molar-refractivity contribution in [1.82, 2.24) is 5.48 Å². The number of alkyl halides is 3. The molecular weight excluding hydrogens is 393 g/mol. The minimum absolute atomic E-state index is 0.0127. The molecule has 1 aliphatic rings. The highest BCUT2D eigenvalue weighted by Gasteiger charge is 2.36. The van der Waals surface area contributed by atoms with Gasteiger partial charge in [-0.3, -0.25) is 19.1 Å². The van der Waals surface area contributed by atoms with Crippen molar-refractivity contribution in [2.45, 2.75) is 24.0 Å². The number of nitrogens with one attached hydrogen (secondary N) is 1. The maximum Gasteiger partial charge on any atom is 0.422 e. The molecule has 12 heteroatoms. The van der Waals surface area contributed by atoms with E-state index in [0.29, 0.717) is 5.69 Å². The molecule has 8 nitrogen and oxygen atoms in total. The Morgan fingerprint density at radius 2 is 2.07 bits per heavy atom. The molecule has 3 atom stereocenters. The van der Waals surface area contributed by atoms with Gasteiger partial charge in [-0.15, -0.1) is 0 Å². The fourth-order valence-electron chi connectivity index (χ4n) is 2.45. The van der Waals surface area contributed by atoms with E-state index in [-0.39, 0.29) is 18.7 Å². The first-order valence-electron chi connectivity index (χ1n) is 7.64. The molecule has 27 heavy (non-hydrogen) atoms. The van der Waals surface area contributed by atoms with Crippen LogP contribution in [-0.4, -0.2) is 58.4 Å². The van der Waals surface area contributed by atoms with Gasteiger partial charge in [0.2, 0.25) is 0 Å². The Bertz CT molecular complexity index is 712. The molecule has 1 aliphatic heterocycles. The van der Waals surface area contributed by atoms with E-state index in [1.807, 2.05) is 0 Å². The van der Waals surface area contributed by atoms with Crippen LogP contribution in [0.25, 0.3) is 0 Å². The molecule has 1 heterocycles. The topological polar surface area (TPSA) is 105 Å². The summed E-state index contributed by atoms with van der Waals surface area (Å²) in [6.45, 7) is -1.38. The zero-order valence-corrected chi connectivity index (χ0v) is 14.9. The second kappa shape index (κ2) is 8.57. The lowest BCUT2D eigenvalue weighted by Crippen LogP contribution is -2.38. The van der Waals surface area contributed by atoms with Crippen LogP contribution in [-0.2, 0) is 20.3 Å². The lowest BCUT2D eigenvalue weighted by atomic mass is 10.1. The number of hydrogen-bond acceptors (Lipinski definition) is 6. The third kappa shape index (κ3) is 5.82. The van der Waals surface area contributed by atoms with Gasteiger partial charge in [0.1, 0.15) is 17.1 Å². The van der Waals surface area contributed by atoms with E-state index >= 15 is 0 Å². The van der Waals surface area contributed by atoms with Crippen LogP contribution in [0.15, 0.2) is 24.3 Å². The molecule has 2 amide bonds. The highest BCUT2D eigenvalue weighted by atomic mass is 32.2. The molecular formula is C15H17F3N2O6S. The third-order valence-electron chi connectivity index (χ3n) is 3.71. The number of halogens is 3. The van der Waals surface area contributed by atoms with Gasteiger partial charge in [0.05, 0.1) is 6.54 Å². The van der Waals surface area contributed by atoms with Gasteiger partial charge < -0.3 is 9.47 Å². The molecule has 0 aliphatic carbocycles. The average molecular weight is 410 g/mol. The van der Waals surface area contributed by atoms with Gasteiger partial charge >= 0.3 is 12.3 Å². The quantitative estimate of drug-likeness (QED) is 0.523. The fourth-order valence-corrected chi connectivity index (χ4v) is 3.29. The molecule has 0 aromatic heterocycles. The van der Waals surface area contributed by atoms with Crippen LogP contribution in [0.3, 0.4) is 0 Å². The molecule has 1 aromatic rings. The summed E-state index contributed by atoms with van der Waals surface area (Å²) in [6, 6.07) is 5.35. The smallest absolute Gasteiger partial charge is 0.422 e. The first-order valence-corrected chi connectivity index (χ1v) is 9.27. The van der Waals surface area contributed by atoms with E-state index in [4.69, 9.17) is 9.94 Å². The Hall–Kier alpha value is -2.34. The van der Waals surface area contributed by atoms with Crippen LogP contribution < -0.4 is 15.1 Å². The summed E-state index contributed by atoms with van der Waals surface area (Å²) in [4.78, 5) is 24.8. The standard InChI is InChI=1S/C15H17F3N2O6S/c1-27(24)12(13(21)19-23)6-11-7-20(14(22)26-11)9-2-4-10(5-3-9)25-8-15(16,17)18/h2-5,11-12,23H,6-8H2,1H3,(H,19,21). The SMILES string of the molecule is CS(=O)C(CC1CN(c2ccc(OCC(F)(F)F)cc2)C(=O)O1)C(=O)NO. The predicted molar refractivity (Wildman–Crippen MR) is 88.0 cm³/mol. The zero-order chi connectivity index (χ0) is 20.2. The minimum Gasteiger partial charge on any atom is -0.484 e. The number of anilines is 1. The molecule has 0 radical (unpaired) electrons. The number of hydroxylamine groups is 1. The van der Waals surface area contributed by atoms with Gasteiger partial charge in [0, 0.05) is 29.2 Å². The summed E-state index contributed by atoms with van der Waals surface area (Å²) >= 11 is 0.